The first-order chi connectivity index (χ1) is 9.13. The molecule has 5 heteroatoms. The minimum absolute atomic E-state index is 0.241. The number of likely N-dealkylation sites (N-methyl/N-ethyl adjacent to an activating group) is 1. The number of piperazine rings is 1. The number of aromatic nitrogens is 1. The van der Waals surface area contributed by atoms with E-state index in [9.17, 15) is 4.79 Å². The summed E-state index contributed by atoms with van der Waals surface area (Å²) in [4.78, 5) is 18.5. The van der Waals surface area contributed by atoms with Crippen molar-refractivity contribution in [2.75, 3.05) is 38.1 Å². The largest absolute Gasteiger partial charge is 0.477 e. The summed E-state index contributed by atoms with van der Waals surface area (Å²) in [5, 5.41) is 9.94. The van der Waals surface area contributed by atoms with Gasteiger partial charge in [0.25, 0.3) is 0 Å². The van der Waals surface area contributed by atoms with Crippen LogP contribution in [0.2, 0.25) is 0 Å². The van der Waals surface area contributed by atoms with E-state index in [1.54, 1.807) is 6.07 Å². The minimum atomic E-state index is -0.919. The van der Waals surface area contributed by atoms with Crippen LogP contribution in [0, 0.1) is 0 Å². The van der Waals surface area contributed by atoms with E-state index in [1.807, 2.05) is 6.07 Å². The third kappa shape index (κ3) is 2.29. The number of carbonyl (C=O) groups is 1. The number of rotatable bonds is 2. The van der Waals surface area contributed by atoms with Gasteiger partial charge in [0.1, 0.15) is 5.69 Å². The van der Waals surface area contributed by atoms with E-state index in [0.717, 1.165) is 42.8 Å². The van der Waals surface area contributed by atoms with Crippen LogP contribution >= 0.6 is 0 Å². The van der Waals surface area contributed by atoms with E-state index in [4.69, 9.17) is 5.11 Å². The van der Waals surface area contributed by atoms with Gasteiger partial charge in [-0.05, 0) is 31.3 Å². The van der Waals surface area contributed by atoms with Crippen molar-refractivity contribution in [3.05, 3.63) is 30.0 Å². The Hall–Kier alpha value is -2.01. The molecule has 0 radical (unpaired) electrons. The van der Waals surface area contributed by atoms with Gasteiger partial charge in [0.15, 0.2) is 0 Å². The van der Waals surface area contributed by atoms with Crippen molar-refractivity contribution < 1.29 is 9.90 Å². The molecule has 3 rings (SSSR count). The maximum atomic E-state index is 10.9. The highest BCUT2D eigenvalue weighted by molar-refractivity contribution is 5.94. The van der Waals surface area contributed by atoms with Crippen LogP contribution in [0.4, 0.5) is 5.69 Å². The number of nitrogens with one attached hydrogen (secondary N) is 1. The smallest absolute Gasteiger partial charge is 0.352 e. The fourth-order valence-corrected chi connectivity index (χ4v) is 2.50. The second-order valence-corrected chi connectivity index (χ2v) is 5.05. The van der Waals surface area contributed by atoms with Gasteiger partial charge in [-0.15, -0.1) is 0 Å². The van der Waals surface area contributed by atoms with Crippen LogP contribution in [0.15, 0.2) is 24.3 Å². The Kier molecular flexibility index (Phi) is 2.91. The third-order valence-corrected chi connectivity index (χ3v) is 3.70. The number of hydrogen-bond acceptors (Lipinski definition) is 3. The second kappa shape index (κ2) is 4.59. The van der Waals surface area contributed by atoms with Crippen LogP contribution in [-0.4, -0.2) is 54.2 Å². The van der Waals surface area contributed by atoms with Crippen LogP contribution < -0.4 is 4.90 Å². The molecule has 1 aromatic heterocycles. The summed E-state index contributed by atoms with van der Waals surface area (Å²) < 4.78 is 0. The molecular weight excluding hydrogens is 242 g/mol. The Bertz CT molecular complexity index is 612. The van der Waals surface area contributed by atoms with Crippen molar-refractivity contribution in [3.8, 4) is 0 Å². The van der Waals surface area contributed by atoms with Crippen molar-refractivity contribution >= 4 is 22.6 Å². The number of carboxylic acids is 1. The first kappa shape index (κ1) is 12.0. The third-order valence-electron chi connectivity index (χ3n) is 3.70. The normalized spacial score (nSPS) is 17.0. The van der Waals surface area contributed by atoms with Crippen molar-refractivity contribution in [2.24, 2.45) is 0 Å². The lowest BCUT2D eigenvalue weighted by Gasteiger charge is -2.34. The maximum absolute atomic E-state index is 10.9. The van der Waals surface area contributed by atoms with E-state index in [2.05, 4.69) is 34.0 Å². The topological polar surface area (TPSA) is 59.6 Å². The first-order valence-electron chi connectivity index (χ1n) is 6.43. The summed E-state index contributed by atoms with van der Waals surface area (Å²) in [7, 11) is 2.13. The SMILES string of the molecule is CN1CCN(c2ccc3[nH]c(C(=O)O)cc3c2)CC1. The monoisotopic (exact) mass is 259 g/mol. The van der Waals surface area contributed by atoms with E-state index < -0.39 is 5.97 Å². The van der Waals surface area contributed by atoms with Crippen LogP contribution in [-0.2, 0) is 0 Å². The molecule has 1 fully saturated rings. The molecule has 19 heavy (non-hydrogen) atoms. The zero-order valence-electron chi connectivity index (χ0n) is 10.9. The van der Waals surface area contributed by atoms with Crippen LogP contribution in [0.3, 0.4) is 0 Å². The zero-order valence-corrected chi connectivity index (χ0v) is 10.9. The lowest BCUT2D eigenvalue weighted by molar-refractivity contribution is 0.0691. The maximum Gasteiger partial charge on any atom is 0.352 e. The van der Waals surface area contributed by atoms with Gasteiger partial charge in [0.05, 0.1) is 0 Å². The molecule has 0 saturated carbocycles. The predicted molar refractivity (Wildman–Crippen MR) is 75.0 cm³/mol. The van der Waals surface area contributed by atoms with Gasteiger partial charge in [0.2, 0.25) is 0 Å². The molecule has 2 aromatic rings. The number of H-pyrrole nitrogens is 1. The Morgan fingerprint density at radius 3 is 2.63 bits per heavy atom. The van der Waals surface area contributed by atoms with Gasteiger partial charge >= 0.3 is 5.97 Å². The number of fused-ring (bicyclic) bond motifs is 1. The number of aromatic amines is 1. The Morgan fingerprint density at radius 1 is 1.21 bits per heavy atom. The highest BCUT2D eigenvalue weighted by atomic mass is 16.4. The average molecular weight is 259 g/mol. The summed E-state index contributed by atoms with van der Waals surface area (Å²) in [5.74, 6) is -0.919. The van der Waals surface area contributed by atoms with Gasteiger partial charge < -0.3 is 19.9 Å². The van der Waals surface area contributed by atoms with Crippen molar-refractivity contribution in [2.45, 2.75) is 0 Å². The van der Waals surface area contributed by atoms with E-state index in [1.165, 1.54) is 0 Å². The summed E-state index contributed by atoms with van der Waals surface area (Å²) in [6.07, 6.45) is 0. The Labute approximate surface area is 111 Å². The van der Waals surface area contributed by atoms with Crippen LogP contribution in [0.25, 0.3) is 10.9 Å². The van der Waals surface area contributed by atoms with Crippen LogP contribution in [0.1, 0.15) is 10.5 Å². The summed E-state index contributed by atoms with van der Waals surface area (Å²) in [6.45, 7) is 4.15. The number of benzene rings is 1. The number of nitrogens with zero attached hydrogens (tertiary/aromatic N) is 2. The molecule has 1 aliphatic heterocycles. The fourth-order valence-electron chi connectivity index (χ4n) is 2.50. The molecule has 1 aromatic carbocycles. The van der Waals surface area contributed by atoms with E-state index >= 15 is 0 Å². The highest BCUT2D eigenvalue weighted by Crippen LogP contribution is 2.23. The van der Waals surface area contributed by atoms with Crippen LogP contribution in [0.5, 0.6) is 0 Å². The molecule has 0 atom stereocenters. The molecule has 100 valence electrons. The highest BCUT2D eigenvalue weighted by Gasteiger charge is 2.15. The Morgan fingerprint density at radius 2 is 1.95 bits per heavy atom. The number of anilines is 1. The molecule has 0 aliphatic carbocycles. The van der Waals surface area contributed by atoms with Crippen molar-refractivity contribution in [1.29, 1.82) is 0 Å². The molecular formula is C14H17N3O2. The van der Waals surface area contributed by atoms with Crippen molar-refractivity contribution in [1.82, 2.24) is 9.88 Å². The zero-order chi connectivity index (χ0) is 13.4. The fraction of sp³-hybridized carbons (Fsp3) is 0.357. The summed E-state index contributed by atoms with van der Waals surface area (Å²) in [6, 6.07) is 7.76. The quantitative estimate of drug-likeness (QED) is 0.860. The molecule has 5 nitrogen and oxygen atoms in total. The average Bonchev–Trinajstić information content (AvgIpc) is 2.82. The number of carboxylic acid groups (broad SMARTS) is 1. The lowest BCUT2D eigenvalue weighted by atomic mass is 10.2. The van der Waals surface area contributed by atoms with E-state index in [-0.39, 0.29) is 5.69 Å². The van der Waals surface area contributed by atoms with E-state index in [0.29, 0.717) is 0 Å². The number of aromatic carboxylic acids is 1. The second-order valence-electron chi connectivity index (χ2n) is 5.05. The molecule has 1 aliphatic rings. The first-order valence-corrected chi connectivity index (χ1v) is 6.43. The molecule has 0 amide bonds. The summed E-state index contributed by atoms with van der Waals surface area (Å²) in [5.41, 5.74) is 2.28. The molecule has 0 bridgehead atoms. The minimum Gasteiger partial charge on any atom is -0.477 e. The van der Waals surface area contributed by atoms with Gasteiger partial charge in [0, 0.05) is 42.8 Å². The van der Waals surface area contributed by atoms with Gasteiger partial charge in [-0.2, -0.15) is 0 Å². The molecule has 1 saturated heterocycles. The Balaban J connectivity index is 1.90. The summed E-state index contributed by atoms with van der Waals surface area (Å²) >= 11 is 0. The number of hydrogen-bond donors (Lipinski definition) is 2. The molecule has 0 unspecified atom stereocenters. The van der Waals surface area contributed by atoms with Crippen molar-refractivity contribution in [3.63, 3.8) is 0 Å². The lowest BCUT2D eigenvalue weighted by Crippen LogP contribution is -2.44. The van der Waals surface area contributed by atoms with Gasteiger partial charge in [-0.25, -0.2) is 4.79 Å². The molecule has 0 spiro atoms. The predicted octanol–water partition coefficient (Wildman–Crippen LogP) is 1.62. The molecule has 2 N–H and O–H groups in total. The van der Waals surface area contributed by atoms with Gasteiger partial charge in [-0.3, -0.25) is 0 Å². The van der Waals surface area contributed by atoms with Gasteiger partial charge in [-0.1, -0.05) is 0 Å². The molecule has 2 heterocycles. The standard InChI is InChI=1S/C14H17N3O2/c1-16-4-6-17(7-5-16)11-2-3-12-10(8-11)9-13(15-12)14(18)19/h2-3,8-9,15H,4-7H2,1H3,(H,18,19).